The van der Waals surface area contributed by atoms with Crippen LogP contribution in [0.1, 0.15) is 51.3 Å². The molecule has 2 aromatic carbocycles. The summed E-state index contributed by atoms with van der Waals surface area (Å²) in [5.41, 5.74) is 8.52. The number of hydrogen-bond acceptors (Lipinski definition) is 9. The third-order valence-electron chi connectivity index (χ3n) is 9.96. The van der Waals surface area contributed by atoms with Crippen LogP contribution in [0.15, 0.2) is 54.9 Å². The van der Waals surface area contributed by atoms with Crippen molar-refractivity contribution in [1.82, 2.24) is 39.6 Å². The molecule has 1 saturated heterocycles. The summed E-state index contributed by atoms with van der Waals surface area (Å²) in [4.78, 5) is 34.3. The van der Waals surface area contributed by atoms with Crippen molar-refractivity contribution in [3.05, 3.63) is 88.5 Å². The van der Waals surface area contributed by atoms with Crippen LogP contribution in [0.5, 0.6) is 6.01 Å². The van der Waals surface area contributed by atoms with Crippen molar-refractivity contribution in [2.45, 2.75) is 65.1 Å². The third kappa shape index (κ3) is 8.33. The number of piperidine rings is 1. The van der Waals surface area contributed by atoms with Crippen LogP contribution in [-0.2, 0) is 24.2 Å². The van der Waals surface area contributed by atoms with E-state index in [0.29, 0.717) is 17.2 Å². The Balaban J connectivity index is 0.000000695. The first kappa shape index (κ1) is 39.7. The fourth-order valence-corrected chi connectivity index (χ4v) is 6.97. The normalized spacial score (nSPS) is 16.2. The Morgan fingerprint density at radius 2 is 1.80 bits per heavy atom. The van der Waals surface area contributed by atoms with E-state index in [1.807, 2.05) is 67.7 Å². The summed E-state index contributed by atoms with van der Waals surface area (Å²) in [7, 11) is 3.40. The first-order valence-electron chi connectivity index (χ1n) is 17.7. The maximum atomic E-state index is 15.8. The minimum atomic E-state index is -5.08. The fraction of sp³-hybridized carbons (Fsp3) is 0.395. The number of anilines is 2. The molecule has 1 aliphatic carbocycles. The number of carbonyl (C=O) groups is 2. The van der Waals surface area contributed by atoms with Gasteiger partial charge in [-0.2, -0.15) is 23.3 Å². The van der Waals surface area contributed by atoms with Crippen molar-refractivity contribution in [3.8, 4) is 23.0 Å². The summed E-state index contributed by atoms with van der Waals surface area (Å²) in [6, 6.07) is 14.1. The van der Waals surface area contributed by atoms with E-state index in [2.05, 4.69) is 26.3 Å². The molecule has 1 amide bonds. The van der Waals surface area contributed by atoms with E-state index < -0.39 is 36.4 Å². The summed E-state index contributed by atoms with van der Waals surface area (Å²) >= 11 is 0. The topological polar surface area (TPSA) is 144 Å². The van der Waals surface area contributed by atoms with Gasteiger partial charge in [0, 0.05) is 48.2 Å². The number of methoxy groups -OCH3 is 1. The molecular formula is C38H40F5N9O4. The summed E-state index contributed by atoms with van der Waals surface area (Å²) < 4.78 is 71.7. The van der Waals surface area contributed by atoms with Crippen LogP contribution in [0.25, 0.3) is 16.9 Å². The molecule has 0 spiro atoms. The van der Waals surface area contributed by atoms with E-state index in [-0.39, 0.29) is 25.5 Å². The number of fused-ring (bicyclic) bond motifs is 1. The highest BCUT2D eigenvalue weighted by Crippen LogP contribution is 2.37. The fourth-order valence-electron chi connectivity index (χ4n) is 6.97. The number of aryl methyl sites for hydroxylation is 3. The quantitative estimate of drug-likeness (QED) is 0.172. The molecule has 2 aliphatic rings. The van der Waals surface area contributed by atoms with Crippen LogP contribution in [0.4, 0.5) is 33.5 Å². The minimum Gasteiger partial charge on any atom is -0.475 e. The van der Waals surface area contributed by atoms with E-state index in [4.69, 9.17) is 19.7 Å². The number of amides is 1. The SMILES string of the molecule is COc1nccc(N(C)c2ccc(C)c(-c3cn(CC4CCN(C(=O)c5nn(-c6ccc(C)cc6C)c6c5CCC6)CC4(F)F)nn3)c2)n1.O=C(O)C(F)(F)F. The molecule has 13 nitrogen and oxygen atoms in total. The highest BCUT2D eigenvalue weighted by atomic mass is 19.4. The van der Waals surface area contributed by atoms with Crippen molar-refractivity contribution >= 4 is 23.4 Å². The number of alkyl halides is 5. The summed E-state index contributed by atoms with van der Waals surface area (Å²) in [6.45, 7) is 5.56. The number of aliphatic carboxylic acids is 1. The summed E-state index contributed by atoms with van der Waals surface area (Å²) in [5.74, 6) is -6.65. The highest BCUT2D eigenvalue weighted by molar-refractivity contribution is 5.94. The number of rotatable bonds is 8. The molecule has 5 aromatic rings. The van der Waals surface area contributed by atoms with Crippen molar-refractivity contribution in [1.29, 1.82) is 0 Å². The predicted molar refractivity (Wildman–Crippen MR) is 195 cm³/mol. The van der Waals surface area contributed by atoms with Crippen LogP contribution >= 0.6 is 0 Å². The summed E-state index contributed by atoms with van der Waals surface area (Å²) in [6.07, 6.45) is 0.817. The standard InChI is InChI=1S/C36H39F2N9O2.C2HF3O2/c1-22-9-12-30(24(3)17-22)47-31-8-6-7-27(31)33(42-47)34(48)45-16-14-25(36(37,38)21-45)19-46-20-29(41-43-46)28-18-26(11-10-23(28)2)44(4)32-13-15-39-35(40-32)49-5;3-2(4,5)1(6)7/h9-13,15,17-18,20,25H,6-8,14,16,19,21H2,1-5H3;(H,6,7). The van der Waals surface area contributed by atoms with Gasteiger partial charge in [0.1, 0.15) is 11.5 Å². The molecular weight excluding hydrogens is 741 g/mol. The van der Waals surface area contributed by atoms with Crippen LogP contribution in [-0.4, -0.2) is 96.0 Å². The van der Waals surface area contributed by atoms with Gasteiger partial charge in [-0.25, -0.2) is 23.2 Å². The number of ether oxygens (including phenoxy) is 1. The minimum absolute atomic E-state index is 0.0157. The number of aromatic nitrogens is 7. The second-order valence-corrected chi connectivity index (χ2v) is 13.9. The maximum absolute atomic E-state index is 15.8. The highest BCUT2D eigenvalue weighted by Gasteiger charge is 2.47. The lowest BCUT2D eigenvalue weighted by molar-refractivity contribution is -0.192. The lowest BCUT2D eigenvalue weighted by atomic mass is 9.92. The largest absolute Gasteiger partial charge is 0.490 e. The third-order valence-corrected chi connectivity index (χ3v) is 9.96. The van der Waals surface area contributed by atoms with E-state index in [9.17, 15) is 18.0 Å². The number of likely N-dealkylation sites (tertiary alicyclic amines) is 1. The van der Waals surface area contributed by atoms with Crippen LogP contribution in [0.3, 0.4) is 0 Å². The predicted octanol–water partition coefficient (Wildman–Crippen LogP) is 6.54. The number of hydrogen-bond donors (Lipinski definition) is 1. The van der Waals surface area contributed by atoms with Crippen LogP contribution in [0.2, 0.25) is 0 Å². The number of carboxylic acid groups (broad SMARTS) is 1. The second-order valence-electron chi connectivity index (χ2n) is 13.9. The monoisotopic (exact) mass is 781 g/mol. The number of carboxylic acids is 1. The lowest BCUT2D eigenvalue weighted by Crippen LogP contribution is -2.52. The van der Waals surface area contributed by atoms with Gasteiger partial charge in [0.15, 0.2) is 5.69 Å². The van der Waals surface area contributed by atoms with Gasteiger partial charge in [-0.05, 0) is 81.8 Å². The first-order chi connectivity index (χ1) is 26.5. The maximum Gasteiger partial charge on any atom is 0.490 e. The van der Waals surface area contributed by atoms with Gasteiger partial charge in [-0.3, -0.25) is 9.48 Å². The molecule has 1 fully saturated rings. The average Bonchev–Trinajstić information content (AvgIpc) is 3.90. The Kier molecular flexibility index (Phi) is 11.1. The lowest BCUT2D eigenvalue weighted by Gasteiger charge is -2.38. The summed E-state index contributed by atoms with van der Waals surface area (Å²) in [5, 5.41) is 20.4. The smallest absolute Gasteiger partial charge is 0.475 e. The molecule has 4 heterocycles. The van der Waals surface area contributed by atoms with Gasteiger partial charge < -0.3 is 19.6 Å². The van der Waals surface area contributed by atoms with Gasteiger partial charge in [0.2, 0.25) is 0 Å². The Labute approximate surface area is 318 Å². The molecule has 3 aromatic heterocycles. The van der Waals surface area contributed by atoms with Crippen LogP contribution < -0.4 is 9.64 Å². The Morgan fingerprint density at radius 3 is 2.48 bits per heavy atom. The number of benzene rings is 2. The zero-order valence-electron chi connectivity index (χ0n) is 31.3. The molecule has 0 bridgehead atoms. The van der Waals surface area contributed by atoms with Gasteiger partial charge >= 0.3 is 18.2 Å². The van der Waals surface area contributed by atoms with Gasteiger partial charge in [-0.15, -0.1) is 5.10 Å². The molecule has 296 valence electrons. The molecule has 0 radical (unpaired) electrons. The Hall–Kier alpha value is -5.94. The van der Waals surface area contributed by atoms with E-state index in [1.54, 1.807) is 18.5 Å². The zero-order chi connectivity index (χ0) is 40.5. The average molecular weight is 782 g/mol. The Morgan fingerprint density at radius 1 is 1.05 bits per heavy atom. The van der Waals surface area contributed by atoms with E-state index in [1.165, 1.54) is 16.7 Å². The molecule has 1 aliphatic heterocycles. The molecule has 18 heteroatoms. The second kappa shape index (κ2) is 15.7. The number of halogens is 5. The number of nitrogens with zero attached hydrogens (tertiary/aromatic N) is 9. The molecule has 0 saturated carbocycles. The molecule has 7 rings (SSSR count). The van der Waals surface area contributed by atoms with Crippen molar-refractivity contribution in [2.24, 2.45) is 5.92 Å². The van der Waals surface area contributed by atoms with Crippen LogP contribution in [0, 0.1) is 26.7 Å². The van der Waals surface area contributed by atoms with Gasteiger partial charge in [0.25, 0.3) is 11.8 Å². The van der Waals surface area contributed by atoms with Crippen molar-refractivity contribution < 1.29 is 41.4 Å². The molecule has 1 atom stereocenters. The van der Waals surface area contributed by atoms with Crippen molar-refractivity contribution in [3.63, 3.8) is 0 Å². The molecule has 56 heavy (non-hydrogen) atoms. The Bertz CT molecular complexity index is 2250. The number of carbonyl (C=O) groups excluding carboxylic acids is 1. The van der Waals surface area contributed by atoms with E-state index >= 15 is 8.78 Å². The van der Waals surface area contributed by atoms with E-state index in [0.717, 1.165) is 64.1 Å². The van der Waals surface area contributed by atoms with Gasteiger partial charge in [0.05, 0.1) is 32.1 Å². The zero-order valence-corrected chi connectivity index (χ0v) is 31.3. The molecule has 1 unspecified atom stereocenters. The molecule has 1 N–H and O–H groups in total. The van der Waals surface area contributed by atoms with Gasteiger partial charge in [-0.1, -0.05) is 29.0 Å². The van der Waals surface area contributed by atoms with Crippen molar-refractivity contribution in [2.75, 3.05) is 32.1 Å². The first-order valence-corrected chi connectivity index (χ1v) is 17.7.